The lowest BCUT2D eigenvalue weighted by Crippen LogP contribution is -2.35. The summed E-state index contributed by atoms with van der Waals surface area (Å²) in [7, 11) is 1.61. The number of hydrogen-bond acceptors (Lipinski definition) is 2. The van der Waals surface area contributed by atoms with Crippen LogP contribution in [0.25, 0.3) is 0 Å². The minimum atomic E-state index is -0.805. The Bertz CT molecular complexity index is 439. The predicted molar refractivity (Wildman–Crippen MR) is 65.1 cm³/mol. The SMILES string of the molecule is COC1(CC(=O)O)CCCc2cc(C)ccc21. The van der Waals surface area contributed by atoms with Crippen LogP contribution >= 0.6 is 0 Å². The summed E-state index contributed by atoms with van der Waals surface area (Å²) in [6.45, 7) is 2.06. The molecule has 0 saturated heterocycles. The predicted octanol–water partition coefficient (Wildman–Crippen LogP) is 2.65. The molecule has 0 saturated carbocycles. The fourth-order valence-corrected chi connectivity index (χ4v) is 2.78. The van der Waals surface area contributed by atoms with E-state index in [9.17, 15) is 4.79 Å². The normalized spacial score (nSPS) is 23.2. The lowest BCUT2D eigenvalue weighted by molar-refractivity contribution is -0.145. The Labute approximate surface area is 101 Å². The van der Waals surface area contributed by atoms with Crippen LogP contribution in [-0.4, -0.2) is 18.2 Å². The standard InChI is InChI=1S/C14H18O3/c1-10-5-6-12-11(8-10)4-3-7-14(12,17-2)9-13(15)16/h5-6,8H,3-4,7,9H2,1-2H3,(H,15,16). The summed E-state index contributed by atoms with van der Waals surface area (Å²) in [6.07, 6.45) is 2.82. The van der Waals surface area contributed by atoms with Crippen molar-refractivity contribution in [3.63, 3.8) is 0 Å². The molecule has 0 bridgehead atoms. The van der Waals surface area contributed by atoms with Crippen molar-refractivity contribution < 1.29 is 14.6 Å². The molecule has 1 atom stereocenters. The van der Waals surface area contributed by atoms with Crippen molar-refractivity contribution in [1.82, 2.24) is 0 Å². The molecule has 0 amide bonds. The van der Waals surface area contributed by atoms with E-state index in [2.05, 4.69) is 13.0 Å². The van der Waals surface area contributed by atoms with Crippen LogP contribution < -0.4 is 0 Å². The summed E-state index contributed by atoms with van der Waals surface area (Å²) in [4.78, 5) is 11.0. The lowest BCUT2D eigenvalue weighted by atomic mass is 9.76. The highest BCUT2D eigenvalue weighted by Crippen LogP contribution is 2.40. The third-order valence-corrected chi connectivity index (χ3v) is 3.61. The van der Waals surface area contributed by atoms with Gasteiger partial charge in [0.15, 0.2) is 0 Å². The van der Waals surface area contributed by atoms with E-state index in [1.807, 2.05) is 12.1 Å². The minimum absolute atomic E-state index is 0.0412. The molecule has 2 rings (SSSR count). The van der Waals surface area contributed by atoms with E-state index < -0.39 is 11.6 Å². The Morgan fingerprint density at radius 3 is 2.94 bits per heavy atom. The summed E-state index contributed by atoms with van der Waals surface area (Å²) in [5.41, 5.74) is 2.87. The second kappa shape index (κ2) is 4.49. The molecule has 0 spiro atoms. The molecule has 0 fully saturated rings. The monoisotopic (exact) mass is 234 g/mol. The van der Waals surface area contributed by atoms with E-state index in [1.54, 1.807) is 7.11 Å². The molecule has 0 aliphatic heterocycles. The minimum Gasteiger partial charge on any atom is -0.481 e. The van der Waals surface area contributed by atoms with Crippen LogP contribution in [0.3, 0.4) is 0 Å². The van der Waals surface area contributed by atoms with Crippen LogP contribution in [0.1, 0.15) is 36.0 Å². The molecule has 0 radical (unpaired) electrons. The van der Waals surface area contributed by atoms with E-state index in [-0.39, 0.29) is 6.42 Å². The van der Waals surface area contributed by atoms with Crippen LogP contribution in [0, 0.1) is 6.92 Å². The van der Waals surface area contributed by atoms with Gasteiger partial charge in [-0.15, -0.1) is 0 Å². The maximum absolute atomic E-state index is 11.0. The number of rotatable bonds is 3. The van der Waals surface area contributed by atoms with Crippen LogP contribution in [-0.2, 0) is 21.6 Å². The lowest BCUT2D eigenvalue weighted by Gasteiger charge is -2.37. The van der Waals surface area contributed by atoms with Gasteiger partial charge < -0.3 is 9.84 Å². The Balaban J connectivity index is 2.47. The van der Waals surface area contributed by atoms with E-state index in [0.29, 0.717) is 0 Å². The van der Waals surface area contributed by atoms with Gasteiger partial charge in [0.25, 0.3) is 0 Å². The van der Waals surface area contributed by atoms with Crippen molar-refractivity contribution >= 4 is 5.97 Å². The second-order valence-electron chi connectivity index (χ2n) is 4.78. The average molecular weight is 234 g/mol. The first-order valence-electron chi connectivity index (χ1n) is 5.94. The number of hydrogen-bond donors (Lipinski definition) is 1. The number of carboxylic acid groups (broad SMARTS) is 1. The molecule has 1 N–H and O–H groups in total. The summed E-state index contributed by atoms with van der Waals surface area (Å²) in [6, 6.07) is 6.19. The van der Waals surface area contributed by atoms with Crippen molar-refractivity contribution in [2.24, 2.45) is 0 Å². The first-order chi connectivity index (χ1) is 8.07. The number of methoxy groups -OCH3 is 1. The average Bonchev–Trinajstić information content (AvgIpc) is 2.28. The second-order valence-corrected chi connectivity index (χ2v) is 4.78. The van der Waals surface area contributed by atoms with Gasteiger partial charge in [0.2, 0.25) is 0 Å². The third-order valence-electron chi connectivity index (χ3n) is 3.61. The van der Waals surface area contributed by atoms with Gasteiger partial charge in [0.05, 0.1) is 6.42 Å². The Hall–Kier alpha value is -1.35. The van der Waals surface area contributed by atoms with E-state index >= 15 is 0 Å². The number of aryl methyl sites for hydroxylation is 2. The molecular weight excluding hydrogens is 216 g/mol. The number of benzene rings is 1. The largest absolute Gasteiger partial charge is 0.481 e. The van der Waals surface area contributed by atoms with Gasteiger partial charge in [-0.1, -0.05) is 23.8 Å². The Morgan fingerprint density at radius 1 is 1.53 bits per heavy atom. The Morgan fingerprint density at radius 2 is 2.29 bits per heavy atom. The third kappa shape index (κ3) is 2.20. The zero-order chi connectivity index (χ0) is 12.5. The zero-order valence-corrected chi connectivity index (χ0v) is 10.3. The molecular formula is C14H18O3. The molecule has 0 aromatic heterocycles. The van der Waals surface area contributed by atoms with Gasteiger partial charge in [0, 0.05) is 7.11 Å². The van der Waals surface area contributed by atoms with Crippen LogP contribution in [0.5, 0.6) is 0 Å². The van der Waals surface area contributed by atoms with Crippen molar-refractivity contribution in [2.75, 3.05) is 7.11 Å². The van der Waals surface area contributed by atoms with Gasteiger partial charge in [-0.2, -0.15) is 0 Å². The van der Waals surface area contributed by atoms with Crippen LogP contribution in [0.15, 0.2) is 18.2 Å². The van der Waals surface area contributed by atoms with Gasteiger partial charge in [-0.3, -0.25) is 4.79 Å². The summed E-state index contributed by atoms with van der Waals surface area (Å²) in [5, 5.41) is 9.06. The fraction of sp³-hybridized carbons (Fsp3) is 0.500. The molecule has 3 nitrogen and oxygen atoms in total. The van der Waals surface area contributed by atoms with E-state index in [1.165, 1.54) is 11.1 Å². The Kier molecular flexibility index (Phi) is 3.20. The highest BCUT2D eigenvalue weighted by molar-refractivity contribution is 5.69. The molecule has 1 aliphatic carbocycles. The highest BCUT2D eigenvalue weighted by Gasteiger charge is 2.38. The van der Waals surface area contributed by atoms with Crippen LogP contribution in [0.2, 0.25) is 0 Å². The summed E-state index contributed by atoms with van der Waals surface area (Å²) >= 11 is 0. The first kappa shape index (κ1) is 12.1. The van der Waals surface area contributed by atoms with Crippen LogP contribution in [0.4, 0.5) is 0 Å². The number of carbonyl (C=O) groups is 1. The number of fused-ring (bicyclic) bond motifs is 1. The van der Waals surface area contributed by atoms with E-state index in [4.69, 9.17) is 9.84 Å². The quantitative estimate of drug-likeness (QED) is 0.874. The molecule has 3 heteroatoms. The van der Waals surface area contributed by atoms with E-state index in [0.717, 1.165) is 24.8 Å². The summed E-state index contributed by atoms with van der Waals surface area (Å²) in [5.74, 6) is -0.805. The molecule has 0 heterocycles. The molecule has 1 unspecified atom stereocenters. The highest BCUT2D eigenvalue weighted by atomic mass is 16.5. The number of ether oxygens (including phenoxy) is 1. The fourth-order valence-electron chi connectivity index (χ4n) is 2.78. The number of aliphatic carboxylic acids is 1. The zero-order valence-electron chi connectivity index (χ0n) is 10.3. The van der Waals surface area contributed by atoms with Crippen molar-refractivity contribution in [1.29, 1.82) is 0 Å². The first-order valence-corrected chi connectivity index (χ1v) is 5.94. The number of carboxylic acids is 1. The molecule has 1 aromatic rings. The smallest absolute Gasteiger partial charge is 0.306 e. The molecule has 1 aliphatic rings. The molecule has 1 aromatic carbocycles. The van der Waals surface area contributed by atoms with Crippen molar-refractivity contribution in [3.05, 3.63) is 34.9 Å². The molecule has 92 valence electrons. The maximum atomic E-state index is 11.0. The molecule has 17 heavy (non-hydrogen) atoms. The van der Waals surface area contributed by atoms with Crippen molar-refractivity contribution in [2.45, 2.75) is 38.2 Å². The van der Waals surface area contributed by atoms with Crippen molar-refractivity contribution in [3.8, 4) is 0 Å². The maximum Gasteiger partial charge on any atom is 0.306 e. The van der Waals surface area contributed by atoms with Gasteiger partial charge in [-0.25, -0.2) is 0 Å². The van der Waals surface area contributed by atoms with Gasteiger partial charge >= 0.3 is 5.97 Å². The summed E-state index contributed by atoms with van der Waals surface area (Å²) < 4.78 is 5.58. The van der Waals surface area contributed by atoms with Gasteiger partial charge in [-0.05, 0) is 37.3 Å². The topological polar surface area (TPSA) is 46.5 Å². The van der Waals surface area contributed by atoms with Gasteiger partial charge in [0.1, 0.15) is 5.60 Å².